The zero-order chi connectivity index (χ0) is 24.0. The van der Waals surface area contributed by atoms with Gasteiger partial charge in [0.15, 0.2) is 17.3 Å². The fourth-order valence-electron chi connectivity index (χ4n) is 3.36. The molecule has 0 N–H and O–H groups in total. The van der Waals surface area contributed by atoms with Gasteiger partial charge in [-0.3, -0.25) is 14.9 Å². The van der Waals surface area contributed by atoms with Gasteiger partial charge < -0.3 is 19.1 Å². The van der Waals surface area contributed by atoms with E-state index < -0.39 is 4.92 Å². The van der Waals surface area contributed by atoms with E-state index in [1.54, 1.807) is 36.2 Å². The van der Waals surface area contributed by atoms with Crippen molar-refractivity contribution in [2.24, 2.45) is 0 Å². The van der Waals surface area contributed by atoms with Gasteiger partial charge in [-0.05, 0) is 42.0 Å². The lowest BCUT2D eigenvalue weighted by molar-refractivity contribution is -0.384. The van der Waals surface area contributed by atoms with Gasteiger partial charge in [0.1, 0.15) is 5.69 Å². The number of hydrogen-bond donors (Lipinski definition) is 0. The number of rotatable bonds is 9. The molecule has 0 atom stereocenters. The highest BCUT2D eigenvalue weighted by Crippen LogP contribution is 2.38. The van der Waals surface area contributed by atoms with Crippen molar-refractivity contribution in [1.82, 2.24) is 0 Å². The van der Waals surface area contributed by atoms with Crippen LogP contribution >= 0.6 is 0 Å². The summed E-state index contributed by atoms with van der Waals surface area (Å²) in [6, 6.07) is 17.3. The number of benzene rings is 3. The summed E-state index contributed by atoms with van der Waals surface area (Å²) in [5, 5.41) is 11.7. The van der Waals surface area contributed by atoms with Crippen LogP contribution in [0.3, 0.4) is 0 Å². The molecular weight excluding hydrogens is 424 g/mol. The number of allylic oxidation sites excluding steroid dienone is 1. The number of nitrogens with zero attached hydrogens (tertiary/aromatic N) is 2. The molecule has 3 aromatic rings. The van der Waals surface area contributed by atoms with Gasteiger partial charge in [0.25, 0.3) is 5.69 Å². The topological polar surface area (TPSA) is 91.1 Å². The van der Waals surface area contributed by atoms with Crippen molar-refractivity contribution in [3.05, 3.63) is 88.0 Å². The second kappa shape index (κ2) is 10.3. The fourth-order valence-corrected chi connectivity index (χ4v) is 3.36. The Morgan fingerprint density at radius 2 is 1.58 bits per heavy atom. The first-order valence-corrected chi connectivity index (χ1v) is 9.99. The summed E-state index contributed by atoms with van der Waals surface area (Å²) in [6.07, 6.45) is 2.88. The minimum absolute atomic E-state index is 0.0660. The molecular formula is C25H24N2O6. The first kappa shape index (κ1) is 23.3. The highest BCUT2D eigenvalue weighted by Gasteiger charge is 2.19. The van der Waals surface area contributed by atoms with Gasteiger partial charge in [0.05, 0.1) is 26.3 Å². The Morgan fingerprint density at radius 1 is 0.939 bits per heavy atom. The number of ketones is 1. The third-order valence-electron chi connectivity index (χ3n) is 5.08. The summed E-state index contributed by atoms with van der Waals surface area (Å²) in [7, 11) is 6.18. The van der Waals surface area contributed by atoms with Crippen molar-refractivity contribution in [2.45, 2.75) is 0 Å². The largest absolute Gasteiger partial charge is 0.493 e. The van der Waals surface area contributed by atoms with Gasteiger partial charge in [0.2, 0.25) is 5.75 Å². The lowest BCUT2D eigenvalue weighted by atomic mass is 10.1. The van der Waals surface area contributed by atoms with Crippen molar-refractivity contribution >= 4 is 28.9 Å². The van der Waals surface area contributed by atoms with Gasteiger partial charge in [-0.2, -0.15) is 0 Å². The smallest absolute Gasteiger partial charge is 0.293 e. The molecule has 0 amide bonds. The first-order valence-electron chi connectivity index (χ1n) is 9.99. The zero-order valence-corrected chi connectivity index (χ0v) is 18.8. The molecule has 3 rings (SSSR count). The van der Waals surface area contributed by atoms with Crippen LogP contribution in [-0.2, 0) is 0 Å². The third kappa shape index (κ3) is 5.12. The third-order valence-corrected chi connectivity index (χ3v) is 5.08. The molecule has 0 saturated heterocycles. The van der Waals surface area contributed by atoms with Gasteiger partial charge in [-0.15, -0.1) is 0 Å². The van der Waals surface area contributed by atoms with E-state index in [-0.39, 0.29) is 11.5 Å². The zero-order valence-electron chi connectivity index (χ0n) is 18.8. The number of carbonyl (C=O) groups excluding carboxylic acids is 1. The molecule has 0 aliphatic heterocycles. The maximum Gasteiger partial charge on any atom is 0.293 e. The number of para-hydroxylation sites is 1. The van der Waals surface area contributed by atoms with Crippen molar-refractivity contribution in [2.75, 3.05) is 33.3 Å². The Labute approximate surface area is 191 Å². The van der Waals surface area contributed by atoms with Gasteiger partial charge in [-0.1, -0.05) is 30.3 Å². The summed E-state index contributed by atoms with van der Waals surface area (Å²) in [5.41, 5.74) is 2.05. The maximum atomic E-state index is 12.8. The van der Waals surface area contributed by atoms with E-state index in [1.807, 2.05) is 30.3 Å². The number of hydrogen-bond acceptors (Lipinski definition) is 7. The van der Waals surface area contributed by atoms with Crippen LogP contribution in [0.15, 0.2) is 66.7 Å². The highest BCUT2D eigenvalue weighted by atomic mass is 16.6. The van der Waals surface area contributed by atoms with Crippen LogP contribution in [0.1, 0.15) is 15.9 Å². The molecule has 0 fully saturated rings. The van der Waals surface area contributed by atoms with E-state index in [9.17, 15) is 14.9 Å². The van der Waals surface area contributed by atoms with E-state index in [4.69, 9.17) is 14.2 Å². The Hall–Kier alpha value is -4.33. The van der Waals surface area contributed by atoms with Gasteiger partial charge >= 0.3 is 0 Å². The quantitative estimate of drug-likeness (QED) is 0.190. The van der Waals surface area contributed by atoms with Crippen LogP contribution in [0, 0.1) is 10.1 Å². The van der Waals surface area contributed by atoms with E-state index in [0.717, 1.165) is 5.69 Å². The molecule has 0 aromatic heterocycles. The van der Waals surface area contributed by atoms with Crippen LogP contribution in [0.4, 0.5) is 17.1 Å². The minimum Gasteiger partial charge on any atom is -0.493 e. The van der Waals surface area contributed by atoms with Crippen molar-refractivity contribution in [3.63, 3.8) is 0 Å². The molecule has 0 radical (unpaired) electrons. The summed E-state index contributed by atoms with van der Waals surface area (Å²) in [6.45, 7) is 0. The average Bonchev–Trinajstić information content (AvgIpc) is 2.86. The lowest BCUT2D eigenvalue weighted by Crippen LogP contribution is -2.11. The summed E-state index contributed by atoms with van der Waals surface area (Å²) in [4.78, 5) is 25.8. The number of nitro benzene ring substituents is 1. The molecule has 0 heterocycles. The van der Waals surface area contributed by atoms with Crippen LogP contribution in [0.5, 0.6) is 17.2 Å². The van der Waals surface area contributed by atoms with Crippen LogP contribution in [0.25, 0.3) is 6.08 Å². The predicted octanol–water partition coefficient (Wildman–Crippen LogP) is 5.28. The van der Waals surface area contributed by atoms with Crippen LogP contribution in [0.2, 0.25) is 0 Å². The van der Waals surface area contributed by atoms with Crippen molar-refractivity contribution < 1.29 is 23.9 Å². The minimum atomic E-state index is -0.437. The Balaban J connectivity index is 1.91. The van der Waals surface area contributed by atoms with E-state index in [1.165, 1.54) is 39.5 Å². The monoisotopic (exact) mass is 448 g/mol. The Kier molecular flexibility index (Phi) is 7.30. The van der Waals surface area contributed by atoms with E-state index >= 15 is 0 Å². The van der Waals surface area contributed by atoms with Crippen LogP contribution in [-0.4, -0.2) is 39.1 Å². The van der Waals surface area contributed by atoms with E-state index in [0.29, 0.717) is 34.1 Å². The SMILES string of the molecule is COc1cc(C(=O)C=Cc2ccc(N(C)c3ccccc3)c([N+](=O)[O-])c2)cc(OC)c1OC. The maximum absolute atomic E-state index is 12.8. The number of ether oxygens (including phenoxy) is 3. The number of anilines is 2. The highest BCUT2D eigenvalue weighted by molar-refractivity contribution is 6.07. The molecule has 0 spiro atoms. The van der Waals surface area contributed by atoms with Crippen LogP contribution < -0.4 is 19.1 Å². The van der Waals surface area contributed by atoms with E-state index in [2.05, 4.69) is 0 Å². The Morgan fingerprint density at radius 3 is 2.12 bits per heavy atom. The summed E-state index contributed by atoms with van der Waals surface area (Å²) >= 11 is 0. The molecule has 3 aromatic carbocycles. The molecule has 170 valence electrons. The number of nitro groups is 1. The summed E-state index contributed by atoms with van der Waals surface area (Å²) < 4.78 is 15.8. The molecule has 8 heteroatoms. The van der Waals surface area contributed by atoms with Crippen molar-refractivity contribution in [3.8, 4) is 17.2 Å². The molecule has 0 aliphatic carbocycles. The second-order valence-corrected chi connectivity index (χ2v) is 7.01. The van der Waals surface area contributed by atoms with Crippen molar-refractivity contribution in [1.29, 1.82) is 0 Å². The second-order valence-electron chi connectivity index (χ2n) is 7.01. The van der Waals surface area contributed by atoms with Gasteiger partial charge in [-0.25, -0.2) is 0 Å². The lowest BCUT2D eigenvalue weighted by Gasteiger charge is -2.19. The molecule has 0 saturated carbocycles. The molecule has 8 nitrogen and oxygen atoms in total. The average molecular weight is 448 g/mol. The Bertz CT molecular complexity index is 1170. The number of carbonyl (C=O) groups is 1. The van der Waals surface area contributed by atoms with Gasteiger partial charge in [0, 0.05) is 24.4 Å². The molecule has 33 heavy (non-hydrogen) atoms. The first-order chi connectivity index (χ1) is 15.9. The molecule has 0 bridgehead atoms. The fraction of sp³-hybridized carbons (Fsp3) is 0.160. The standard InChI is InChI=1S/C25H24N2O6/c1-26(19-8-6-5-7-9-19)20-12-10-17(14-21(20)27(29)30)11-13-22(28)18-15-23(31-2)25(33-4)24(16-18)32-3/h5-16H,1-4H3. The molecule has 0 aliphatic rings. The predicted molar refractivity (Wildman–Crippen MR) is 127 cm³/mol. The number of methoxy groups -OCH3 is 3. The molecule has 0 unspecified atom stereocenters. The normalized spacial score (nSPS) is 10.7. The summed E-state index contributed by atoms with van der Waals surface area (Å²) in [5.74, 6) is 0.784.